The van der Waals surface area contributed by atoms with Gasteiger partial charge in [-0.1, -0.05) is 26.0 Å². The fourth-order valence-electron chi connectivity index (χ4n) is 2.33. The molecule has 0 saturated carbocycles. The van der Waals surface area contributed by atoms with E-state index in [1.165, 1.54) is 0 Å². The highest BCUT2D eigenvalue weighted by Gasteiger charge is 2.12. The molecule has 0 spiro atoms. The minimum atomic E-state index is -0.207. The maximum Gasteiger partial charge on any atom is 0.270 e. The summed E-state index contributed by atoms with van der Waals surface area (Å²) in [4.78, 5) is 20.7. The van der Waals surface area contributed by atoms with Gasteiger partial charge in [-0.3, -0.25) is 4.79 Å². The van der Waals surface area contributed by atoms with Crippen LogP contribution in [0.4, 0.5) is 0 Å². The van der Waals surface area contributed by atoms with Gasteiger partial charge < -0.3 is 14.8 Å². The smallest absolute Gasteiger partial charge is 0.270 e. The van der Waals surface area contributed by atoms with E-state index in [9.17, 15) is 4.79 Å². The van der Waals surface area contributed by atoms with Crippen molar-refractivity contribution in [2.75, 3.05) is 20.8 Å². The molecule has 1 aromatic heterocycles. The zero-order valence-electron chi connectivity index (χ0n) is 14.5. The maximum absolute atomic E-state index is 12.2. The predicted octanol–water partition coefficient (Wildman–Crippen LogP) is 2.59. The zero-order valence-corrected chi connectivity index (χ0v) is 14.5. The lowest BCUT2D eigenvalue weighted by molar-refractivity contribution is 0.0948. The van der Waals surface area contributed by atoms with Crippen molar-refractivity contribution in [3.8, 4) is 11.5 Å². The van der Waals surface area contributed by atoms with E-state index in [0.29, 0.717) is 36.0 Å². The van der Waals surface area contributed by atoms with Gasteiger partial charge in [-0.2, -0.15) is 0 Å². The Bertz CT molecular complexity index is 702. The molecule has 0 unspecified atom stereocenters. The third-order valence-corrected chi connectivity index (χ3v) is 3.59. The summed E-state index contributed by atoms with van der Waals surface area (Å²) in [5.74, 6) is 2.01. The number of hydrogen-bond acceptors (Lipinski definition) is 5. The van der Waals surface area contributed by atoms with E-state index in [-0.39, 0.29) is 11.8 Å². The molecule has 0 aliphatic carbocycles. The molecule has 0 fully saturated rings. The Morgan fingerprint density at radius 3 is 2.67 bits per heavy atom. The van der Waals surface area contributed by atoms with Gasteiger partial charge >= 0.3 is 0 Å². The summed E-state index contributed by atoms with van der Waals surface area (Å²) >= 11 is 0. The van der Waals surface area contributed by atoms with Crippen molar-refractivity contribution in [1.29, 1.82) is 0 Å². The molecular weight excluding hydrogens is 306 g/mol. The van der Waals surface area contributed by atoms with Crippen molar-refractivity contribution < 1.29 is 14.3 Å². The van der Waals surface area contributed by atoms with Crippen LogP contribution in [0.3, 0.4) is 0 Å². The normalized spacial score (nSPS) is 10.5. The Balaban J connectivity index is 1.99. The molecule has 0 bridgehead atoms. The van der Waals surface area contributed by atoms with Crippen molar-refractivity contribution in [2.24, 2.45) is 0 Å². The lowest BCUT2D eigenvalue weighted by Crippen LogP contribution is -2.27. The number of rotatable bonds is 7. The predicted molar refractivity (Wildman–Crippen MR) is 91.7 cm³/mol. The van der Waals surface area contributed by atoms with Crippen LogP contribution in [0.25, 0.3) is 0 Å². The number of carbonyl (C=O) groups excluding carboxylic acids is 1. The third kappa shape index (κ3) is 4.22. The second-order valence-corrected chi connectivity index (χ2v) is 5.61. The summed E-state index contributed by atoms with van der Waals surface area (Å²) in [5.41, 5.74) is 1.36. The van der Waals surface area contributed by atoms with Crippen molar-refractivity contribution >= 4 is 5.91 Å². The second-order valence-electron chi connectivity index (χ2n) is 5.61. The highest BCUT2D eigenvalue weighted by Crippen LogP contribution is 2.30. The van der Waals surface area contributed by atoms with E-state index in [1.54, 1.807) is 26.5 Å². The van der Waals surface area contributed by atoms with Crippen LogP contribution in [0, 0.1) is 0 Å². The standard InChI is InChI=1S/C18H23N3O3/c1-12(2)17-19-11-9-14(21-17)18(22)20-10-8-13-6-5-7-15(23-3)16(13)24-4/h5-7,9,11-12H,8,10H2,1-4H3,(H,20,22). The quantitative estimate of drug-likeness (QED) is 0.845. The van der Waals surface area contributed by atoms with Crippen molar-refractivity contribution in [3.63, 3.8) is 0 Å². The number of para-hydroxylation sites is 1. The first-order valence-electron chi connectivity index (χ1n) is 7.87. The van der Waals surface area contributed by atoms with Gasteiger partial charge in [0.25, 0.3) is 5.91 Å². The van der Waals surface area contributed by atoms with Crippen LogP contribution in [-0.2, 0) is 6.42 Å². The number of carbonyl (C=O) groups is 1. The minimum absolute atomic E-state index is 0.179. The van der Waals surface area contributed by atoms with Crippen LogP contribution >= 0.6 is 0 Å². The lowest BCUT2D eigenvalue weighted by Gasteiger charge is -2.13. The minimum Gasteiger partial charge on any atom is -0.493 e. The Labute approximate surface area is 142 Å². The SMILES string of the molecule is COc1cccc(CCNC(=O)c2ccnc(C(C)C)n2)c1OC. The Morgan fingerprint density at radius 2 is 2.00 bits per heavy atom. The molecule has 1 amide bonds. The van der Waals surface area contributed by atoms with E-state index in [0.717, 1.165) is 5.56 Å². The summed E-state index contributed by atoms with van der Waals surface area (Å²) in [5, 5.41) is 2.88. The molecule has 6 heteroatoms. The average Bonchev–Trinajstić information content (AvgIpc) is 2.61. The number of amides is 1. The van der Waals surface area contributed by atoms with E-state index >= 15 is 0 Å². The molecule has 0 aliphatic rings. The molecule has 2 rings (SSSR count). The van der Waals surface area contributed by atoms with Crippen LogP contribution in [0.1, 0.15) is 41.6 Å². The maximum atomic E-state index is 12.2. The number of ether oxygens (including phenoxy) is 2. The highest BCUT2D eigenvalue weighted by atomic mass is 16.5. The van der Waals surface area contributed by atoms with Gasteiger partial charge in [0.05, 0.1) is 14.2 Å². The molecule has 2 aromatic rings. The van der Waals surface area contributed by atoms with Crippen molar-refractivity contribution in [2.45, 2.75) is 26.2 Å². The van der Waals surface area contributed by atoms with Crippen LogP contribution < -0.4 is 14.8 Å². The topological polar surface area (TPSA) is 73.3 Å². The van der Waals surface area contributed by atoms with Crippen LogP contribution in [0.15, 0.2) is 30.5 Å². The monoisotopic (exact) mass is 329 g/mol. The van der Waals surface area contributed by atoms with Gasteiger partial charge in [-0.25, -0.2) is 9.97 Å². The Morgan fingerprint density at radius 1 is 1.21 bits per heavy atom. The summed E-state index contributed by atoms with van der Waals surface area (Å²) in [6, 6.07) is 7.31. The van der Waals surface area contributed by atoms with Crippen LogP contribution in [0.2, 0.25) is 0 Å². The number of methoxy groups -OCH3 is 2. The summed E-state index contributed by atoms with van der Waals surface area (Å²) in [6.45, 7) is 4.46. The summed E-state index contributed by atoms with van der Waals surface area (Å²) in [7, 11) is 3.21. The fraction of sp³-hybridized carbons (Fsp3) is 0.389. The van der Waals surface area contributed by atoms with Crippen molar-refractivity contribution in [1.82, 2.24) is 15.3 Å². The van der Waals surface area contributed by atoms with E-state index in [4.69, 9.17) is 9.47 Å². The molecule has 0 radical (unpaired) electrons. The van der Waals surface area contributed by atoms with Crippen LogP contribution in [-0.4, -0.2) is 36.6 Å². The van der Waals surface area contributed by atoms with Gasteiger partial charge in [0.2, 0.25) is 0 Å². The molecule has 6 nitrogen and oxygen atoms in total. The van der Waals surface area contributed by atoms with Gasteiger partial charge in [0.15, 0.2) is 11.5 Å². The molecule has 0 atom stereocenters. The molecule has 0 aliphatic heterocycles. The summed E-state index contributed by atoms with van der Waals surface area (Å²) < 4.78 is 10.7. The molecule has 1 N–H and O–H groups in total. The van der Waals surface area contributed by atoms with Crippen LogP contribution in [0.5, 0.6) is 11.5 Å². The summed E-state index contributed by atoms with van der Waals surface area (Å²) in [6.07, 6.45) is 2.25. The van der Waals surface area contributed by atoms with E-state index < -0.39 is 0 Å². The van der Waals surface area contributed by atoms with Gasteiger partial charge in [-0.15, -0.1) is 0 Å². The average molecular weight is 329 g/mol. The highest BCUT2D eigenvalue weighted by molar-refractivity contribution is 5.92. The Kier molecular flexibility index (Phi) is 6.12. The lowest BCUT2D eigenvalue weighted by atomic mass is 10.1. The second kappa shape index (κ2) is 8.29. The number of nitrogens with one attached hydrogen (secondary N) is 1. The fourth-order valence-corrected chi connectivity index (χ4v) is 2.33. The van der Waals surface area contributed by atoms with E-state index in [1.807, 2.05) is 32.0 Å². The molecule has 24 heavy (non-hydrogen) atoms. The molecule has 1 heterocycles. The first-order valence-corrected chi connectivity index (χ1v) is 7.87. The molecule has 128 valence electrons. The Hall–Kier alpha value is -2.63. The first kappa shape index (κ1) is 17.7. The number of benzene rings is 1. The third-order valence-electron chi connectivity index (χ3n) is 3.59. The molecular formula is C18H23N3O3. The number of nitrogens with zero attached hydrogens (tertiary/aromatic N) is 2. The molecule has 0 saturated heterocycles. The number of hydrogen-bond donors (Lipinski definition) is 1. The number of aromatic nitrogens is 2. The van der Waals surface area contributed by atoms with Gasteiger partial charge in [-0.05, 0) is 24.1 Å². The molecule has 1 aromatic carbocycles. The van der Waals surface area contributed by atoms with Gasteiger partial charge in [0, 0.05) is 18.7 Å². The van der Waals surface area contributed by atoms with E-state index in [2.05, 4.69) is 15.3 Å². The van der Waals surface area contributed by atoms with Crippen molar-refractivity contribution in [3.05, 3.63) is 47.5 Å². The first-order chi connectivity index (χ1) is 11.6. The zero-order chi connectivity index (χ0) is 17.5. The van der Waals surface area contributed by atoms with Gasteiger partial charge in [0.1, 0.15) is 11.5 Å². The largest absolute Gasteiger partial charge is 0.493 e.